The average Bonchev–Trinajstić information content (AvgIpc) is 2.82. The smallest absolute Gasteiger partial charge is 0.154 e. The highest BCUT2D eigenvalue weighted by Crippen LogP contribution is 2.14. The summed E-state index contributed by atoms with van der Waals surface area (Å²) in [6.07, 6.45) is 1.30. The van der Waals surface area contributed by atoms with Gasteiger partial charge in [-0.15, -0.1) is 0 Å². The molecule has 0 spiro atoms. The van der Waals surface area contributed by atoms with E-state index >= 15 is 0 Å². The van der Waals surface area contributed by atoms with Gasteiger partial charge in [-0.3, -0.25) is 0 Å². The van der Waals surface area contributed by atoms with Gasteiger partial charge >= 0.3 is 0 Å². The summed E-state index contributed by atoms with van der Waals surface area (Å²) in [6, 6.07) is 7.34. The SMILES string of the molecule is O=S(=O)(CCc1ccc(Cl)cc1)C1CCNC1. The molecule has 1 saturated heterocycles. The van der Waals surface area contributed by atoms with Gasteiger partial charge in [-0.25, -0.2) is 8.42 Å². The highest BCUT2D eigenvalue weighted by Gasteiger charge is 2.27. The van der Waals surface area contributed by atoms with E-state index in [1.807, 2.05) is 12.1 Å². The van der Waals surface area contributed by atoms with Crippen LogP contribution in [0.5, 0.6) is 0 Å². The van der Waals surface area contributed by atoms with Gasteiger partial charge in [-0.1, -0.05) is 23.7 Å². The van der Waals surface area contributed by atoms with Gasteiger partial charge in [-0.05, 0) is 37.1 Å². The molecular weight excluding hydrogens is 258 g/mol. The molecule has 5 heteroatoms. The second-order valence-corrected chi connectivity index (χ2v) is 7.20. The maximum atomic E-state index is 12.0. The van der Waals surface area contributed by atoms with Gasteiger partial charge in [0.05, 0.1) is 11.0 Å². The van der Waals surface area contributed by atoms with E-state index in [9.17, 15) is 8.42 Å². The van der Waals surface area contributed by atoms with Crippen LogP contribution in [0.15, 0.2) is 24.3 Å². The van der Waals surface area contributed by atoms with Crippen molar-refractivity contribution in [2.45, 2.75) is 18.1 Å². The minimum atomic E-state index is -2.96. The number of nitrogens with one attached hydrogen (secondary N) is 1. The van der Waals surface area contributed by atoms with Crippen molar-refractivity contribution < 1.29 is 8.42 Å². The monoisotopic (exact) mass is 273 g/mol. The first-order chi connectivity index (χ1) is 8.08. The predicted molar refractivity (Wildman–Crippen MR) is 70.2 cm³/mol. The van der Waals surface area contributed by atoms with Crippen molar-refractivity contribution >= 4 is 21.4 Å². The summed E-state index contributed by atoms with van der Waals surface area (Å²) in [6.45, 7) is 1.41. The van der Waals surface area contributed by atoms with E-state index in [-0.39, 0.29) is 11.0 Å². The van der Waals surface area contributed by atoms with E-state index in [4.69, 9.17) is 11.6 Å². The number of hydrogen-bond acceptors (Lipinski definition) is 3. The molecule has 1 unspecified atom stereocenters. The first kappa shape index (κ1) is 12.9. The fourth-order valence-electron chi connectivity index (χ4n) is 2.01. The van der Waals surface area contributed by atoms with E-state index < -0.39 is 9.84 Å². The number of benzene rings is 1. The van der Waals surface area contributed by atoms with Crippen molar-refractivity contribution in [3.8, 4) is 0 Å². The molecule has 0 aliphatic carbocycles. The van der Waals surface area contributed by atoms with Crippen LogP contribution in [0.25, 0.3) is 0 Å². The molecule has 1 fully saturated rings. The summed E-state index contributed by atoms with van der Waals surface area (Å²) in [5, 5.41) is 3.57. The number of rotatable bonds is 4. The molecule has 0 saturated carbocycles. The first-order valence-electron chi connectivity index (χ1n) is 5.75. The largest absolute Gasteiger partial charge is 0.315 e. The van der Waals surface area contributed by atoms with E-state index in [1.54, 1.807) is 12.1 Å². The topological polar surface area (TPSA) is 46.2 Å². The molecule has 1 N–H and O–H groups in total. The molecule has 3 nitrogen and oxygen atoms in total. The van der Waals surface area contributed by atoms with E-state index in [1.165, 1.54) is 0 Å². The average molecular weight is 274 g/mol. The number of halogens is 1. The zero-order valence-corrected chi connectivity index (χ0v) is 11.1. The summed E-state index contributed by atoms with van der Waals surface area (Å²) in [5.41, 5.74) is 1.02. The lowest BCUT2D eigenvalue weighted by atomic mass is 10.2. The van der Waals surface area contributed by atoms with Crippen LogP contribution in [0.4, 0.5) is 0 Å². The van der Waals surface area contributed by atoms with Crippen molar-refractivity contribution in [3.63, 3.8) is 0 Å². The van der Waals surface area contributed by atoms with Gasteiger partial charge in [0.2, 0.25) is 0 Å². The highest BCUT2D eigenvalue weighted by atomic mass is 35.5. The molecule has 0 bridgehead atoms. The highest BCUT2D eigenvalue weighted by molar-refractivity contribution is 7.92. The predicted octanol–water partition coefficient (Wildman–Crippen LogP) is 1.66. The van der Waals surface area contributed by atoms with E-state index in [0.29, 0.717) is 18.0 Å². The van der Waals surface area contributed by atoms with Crippen LogP contribution in [0.2, 0.25) is 5.02 Å². The fraction of sp³-hybridized carbons (Fsp3) is 0.500. The van der Waals surface area contributed by atoms with Crippen LogP contribution in [0, 0.1) is 0 Å². The first-order valence-corrected chi connectivity index (χ1v) is 7.84. The van der Waals surface area contributed by atoms with E-state index in [2.05, 4.69) is 5.32 Å². The third-order valence-corrected chi connectivity index (χ3v) is 5.55. The summed E-state index contributed by atoms with van der Waals surface area (Å²) < 4.78 is 24.0. The van der Waals surface area contributed by atoms with Crippen molar-refractivity contribution in [2.24, 2.45) is 0 Å². The van der Waals surface area contributed by atoms with Crippen LogP contribution in [-0.4, -0.2) is 32.5 Å². The lowest BCUT2D eigenvalue weighted by molar-refractivity contribution is 0.582. The molecule has 0 radical (unpaired) electrons. The van der Waals surface area contributed by atoms with Crippen molar-refractivity contribution in [1.29, 1.82) is 0 Å². The van der Waals surface area contributed by atoms with Crippen LogP contribution in [0.3, 0.4) is 0 Å². The molecule has 1 aliphatic heterocycles. The summed E-state index contributed by atoms with van der Waals surface area (Å²) >= 11 is 5.78. The standard InChI is InChI=1S/C12H16ClNO2S/c13-11-3-1-10(2-4-11)6-8-17(15,16)12-5-7-14-9-12/h1-4,12,14H,5-9H2. The zero-order valence-electron chi connectivity index (χ0n) is 9.52. The van der Waals surface area contributed by atoms with Crippen molar-refractivity contribution in [1.82, 2.24) is 5.32 Å². The van der Waals surface area contributed by atoms with Crippen LogP contribution in [-0.2, 0) is 16.3 Å². The molecule has 2 rings (SSSR count). The molecule has 17 heavy (non-hydrogen) atoms. The third kappa shape index (κ3) is 3.44. The Bertz CT molecular complexity index is 464. The lowest BCUT2D eigenvalue weighted by Crippen LogP contribution is -2.27. The Morgan fingerprint density at radius 3 is 2.59 bits per heavy atom. The van der Waals surface area contributed by atoms with Crippen molar-refractivity contribution in [2.75, 3.05) is 18.8 Å². The molecule has 0 amide bonds. The van der Waals surface area contributed by atoms with Gasteiger partial charge in [0, 0.05) is 11.6 Å². The molecule has 1 aromatic carbocycles. The minimum Gasteiger partial charge on any atom is -0.315 e. The molecule has 0 aromatic heterocycles. The Morgan fingerprint density at radius 2 is 2.00 bits per heavy atom. The Hall–Kier alpha value is -0.580. The number of sulfone groups is 1. The van der Waals surface area contributed by atoms with Crippen LogP contribution < -0.4 is 5.32 Å². The molecule has 1 aliphatic rings. The molecule has 1 aromatic rings. The van der Waals surface area contributed by atoms with Gasteiger partial charge in [-0.2, -0.15) is 0 Å². The molecule has 1 heterocycles. The summed E-state index contributed by atoms with van der Waals surface area (Å²) in [5.74, 6) is 0.223. The number of hydrogen-bond donors (Lipinski definition) is 1. The van der Waals surface area contributed by atoms with E-state index in [0.717, 1.165) is 18.5 Å². The zero-order chi connectivity index (χ0) is 12.3. The summed E-state index contributed by atoms with van der Waals surface area (Å²) in [4.78, 5) is 0. The Morgan fingerprint density at radius 1 is 1.29 bits per heavy atom. The van der Waals surface area contributed by atoms with Crippen LogP contribution in [0.1, 0.15) is 12.0 Å². The van der Waals surface area contributed by atoms with Crippen LogP contribution >= 0.6 is 11.6 Å². The lowest BCUT2D eigenvalue weighted by Gasteiger charge is -2.10. The second-order valence-electron chi connectivity index (χ2n) is 4.36. The van der Waals surface area contributed by atoms with Gasteiger partial charge in [0.15, 0.2) is 9.84 Å². The molecule has 94 valence electrons. The maximum Gasteiger partial charge on any atom is 0.154 e. The Labute approximate surface area is 107 Å². The molecule has 1 atom stereocenters. The minimum absolute atomic E-state index is 0.199. The van der Waals surface area contributed by atoms with Gasteiger partial charge in [0.25, 0.3) is 0 Å². The Kier molecular flexibility index (Phi) is 4.07. The van der Waals surface area contributed by atoms with Gasteiger partial charge < -0.3 is 5.32 Å². The molecular formula is C12H16ClNO2S. The Balaban J connectivity index is 1.95. The van der Waals surface area contributed by atoms with Crippen molar-refractivity contribution in [3.05, 3.63) is 34.9 Å². The second kappa shape index (κ2) is 5.38. The quantitative estimate of drug-likeness (QED) is 0.908. The maximum absolute atomic E-state index is 12.0. The van der Waals surface area contributed by atoms with Gasteiger partial charge in [0.1, 0.15) is 0 Å². The third-order valence-electron chi connectivity index (χ3n) is 3.11. The fourth-order valence-corrected chi connectivity index (χ4v) is 3.84. The normalized spacial score (nSPS) is 20.6. The number of aryl methyl sites for hydroxylation is 1. The summed E-state index contributed by atoms with van der Waals surface area (Å²) in [7, 11) is -2.96.